The zero-order valence-corrected chi connectivity index (χ0v) is 22.2. The van der Waals surface area contributed by atoms with E-state index in [1.165, 1.54) is 23.4 Å². The summed E-state index contributed by atoms with van der Waals surface area (Å²) in [6, 6.07) is 12.3. The van der Waals surface area contributed by atoms with Crippen LogP contribution < -0.4 is 10.9 Å². The van der Waals surface area contributed by atoms with Crippen LogP contribution in [-0.4, -0.2) is 56.7 Å². The topological polar surface area (TPSA) is 143 Å². The Bertz CT molecular complexity index is 1670. The SMILES string of the molecule is CC(=O)Nc1ccc(S(=O)(=O)N2CCC(c3nc4c(nnn4Cc4cc(C)ccc4C)c(=O)[nH]3)CC2)cc1. The van der Waals surface area contributed by atoms with Gasteiger partial charge in [-0.05, 0) is 62.1 Å². The van der Waals surface area contributed by atoms with Gasteiger partial charge in [-0.2, -0.15) is 4.31 Å². The van der Waals surface area contributed by atoms with Gasteiger partial charge in [-0.15, -0.1) is 5.10 Å². The number of sulfonamides is 1. The number of amides is 1. The van der Waals surface area contributed by atoms with Gasteiger partial charge >= 0.3 is 0 Å². The second-order valence-corrected chi connectivity index (χ2v) is 11.6. The summed E-state index contributed by atoms with van der Waals surface area (Å²) in [4.78, 5) is 31.7. The minimum Gasteiger partial charge on any atom is -0.326 e. The summed E-state index contributed by atoms with van der Waals surface area (Å²) in [5.74, 6) is 0.185. The largest absolute Gasteiger partial charge is 0.326 e. The number of piperidine rings is 1. The highest BCUT2D eigenvalue weighted by Gasteiger charge is 2.31. The first-order valence-corrected chi connectivity index (χ1v) is 13.8. The minimum atomic E-state index is -3.69. The van der Waals surface area contributed by atoms with Crippen LogP contribution in [0.25, 0.3) is 11.2 Å². The number of rotatable bonds is 6. The highest BCUT2D eigenvalue weighted by atomic mass is 32.2. The van der Waals surface area contributed by atoms with Crippen molar-refractivity contribution in [2.24, 2.45) is 0 Å². The molecule has 3 heterocycles. The number of H-pyrrole nitrogens is 1. The zero-order valence-electron chi connectivity index (χ0n) is 21.4. The van der Waals surface area contributed by atoms with Gasteiger partial charge in [-0.3, -0.25) is 9.59 Å². The maximum absolute atomic E-state index is 13.2. The third-order valence-corrected chi connectivity index (χ3v) is 8.78. The first-order chi connectivity index (χ1) is 18.1. The summed E-state index contributed by atoms with van der Waals surface area (Å²) in [6.45, 7) is 6.47. The summed E-state index contributed by atoms with van der Waals surface area (Å²) in [7, 11) is -3.69. The minimum absolute atomic E-state index is 0.107. The molecule has 38 heavy (non-hydrogen) atoms. The first kappa shape index (κ1) is 25.7. The number of fused-ring (bicyclic) bond motifs is 1. The smallest absolute Gasteiger partial charge is 0.281 e. The zero-order chi connectivity index (χ0) is 27.0. The predicted molar refractivity (Wildman–Crippen MR) is 142 cm³/mol. The molecule has 1 saturated heterocycles. The molecule has 1 amide bonds. The average molecular weight is 536 g/mol. The number of aromatic amines is 1. The van der Waals surface area contributed by atoms with E-state index >= 15 is 0 Å². The van der Waals surface area contributed by atoms with Crippen molar-refractivity contribution < 1.29 is 13.2 Å². The molecule has 11 nitrogen and oxygen atoms in total. The Balaban J connectivity index is 1.34. The number of aryl methyl sites for hydroxylation is 2. The van der Waals surface area contributed by atoms with Crippen molar-refractivity contribution >= 4 is 32.8 Å². The fourth-order valence-corrected chi connectivity index (χ4v) is 6.22. The van der Waals surface area contributed by atoms with Crippen LogP contribution in [0.15, 0.2) is 52.2 Å². The van der Waals surface area contributed by atoms with Gasteiger partial charge in [0.25, 0.3) is 5.56 Å². The maximum atomic E-state index is 13.2. The van der Waals surface area contributed by atoms with Gasteiger partial charge in [0.2, 0.25) is 15.9 Å². The summed E-state index contributed by atoms with van der Waals surface area (Å²) < 4.78 is 29.4. The molecule has 5 rings (SSSR count). The van der Waals surface area contributed by atoms with E-state index in [1.54, 1.807) is 16.8 Å². The predicted octanol–water partition coefficient (Wildman–Crippen LogP) is 2.71. The average Bonchev–Trinajstić information content (AvgIpc) is 3.29. The van der Waals surface area contributed by atoms with Crippen molar-refractivity contribution in [3.8, 4) is 0 Å². The van der Waals surface area contributed by atoms with Crippen LogP contribution in [-0.2, 0) is 21.4 Å². The van der Waals surface area contributed by atoms with Gasteiger partial charge in [0.1, 0.15) is 5.82 Å². The van der Waals surface area contributed by atoms with Crippen LogP contribution >= 0.6 is 0 Å². The summed E-state index contributed by atoms with van der Waals surface area (Å²) in [5.41, 5.74) is 4.10. The van der Waals surface area contributed by atoms with Crippen LogP contribution in [0.4, 0.5) is 5.69 Å². The van der Waals surface area contributed by atoms with Gasteiger partial charge in [-0.1, -0.05) is 29.0 Å². The number of nitrogens with one attached hydrogen (secondary N) is 2. The monoisotopic (exact) mass is 535 g/mol. The first-order valence-electron chi connectivity index (χ1n) is 12.4. The number of carbonyl (C=O) groups is 1. The van der Waals surface area contributed by atoms with Crippen LogP contribution in [0.3, 0.4) is 0 Å². The van der Waals surface area contributed by atoms with Crippen molar-refractivity contribution in [1.29, 1.82) is 0 Å². The summed E-state index contributed by atoms with van der Waals surface area (Å²) >= 11 is 0. The van der Waals surface area contributed by atoms with E-state index in [0.717, 1.165) is 16.7 Å². The molecule has 0 unspecified atom stereocenters. The molecule has 2 N–H and O–H groups in total. The lowest BCUT2D eigenvalue weighted by molar-refractivity contribution is -0.114. The molecule has 12 heteroatoms. The van der Waals surface area contributed by atoms with Crippen molar-refractivity contribution in [2.75, 3.05) is 18.4 Å². The lowest BCUT2D eigenvalue weighted by atomic mass is 9.97. The number of hydrogen-bond acceptors (Lipinski definition) is 7. The number of benzene rings is 2. The molecule has 1 aliphatic rings. The van der Waals surface area contributed by atoms with Crippen LogP contribution in [0.2, 0.25) is 0 Å². The van der Waals surface area contributed by atoms with Gasteiger partial charge in [0.15, 0.2) is 11.2 Å². The van der Waals surface area contributed by atoms with E-state index in [9.17, 15) is 18.0 Å². The molecule has 1 aliphatic heterocycles. The molecule has 0 spiro atoms. The lowest BCUT2D eigenvalue weighted by Gasteiger charge is -2.30. The van der Waals surface area contributed by atoms with E-state index < -0.39 is 10.0 Å². The molecule has 1 fully saturated rings. The Morgan fingerprint density at radius 3 is 2.50 bits per heavy atom. The van der Waals surface area contributed by atoms with E-state index in [1.807, 2.05) is 19.9 Å². The highest BCUT2D eigenvalue weighted by Crippen LogP contribution is 2.29. The Morgan fingerprint density at radius 2 is 1.82 bits per heavy atom. The number of anilines is 1. The van der Waals surface area contributed by atoms with E-state index in [-0.39, 0.29) is 27.8 Å². The third kappa shape index (κ3) is 5.09. The molecular weight excluding hydrogens is 506 g/mol. The second-order valence-electron chi connectivity index (χ2n) is 9.68. The van der Waals surface area contributed by atoms with E-state index in [0.29, 0.717) is 49.6 Å². The number of nitrogens with zero attached hydrogens (tertiary/aromatic N) is 5. The fourth-order valence-electron chi connectivity index (χ4n) is 4.75. The molecule has 4 aromatic rings. The van der Waals surface area contributed by atoms with Crippen molar-refractivity contribution in [3.63, 3.8) is 0 Å². The van der Waals surface area contributed by atoms with Gasteiger partial charge in [0.05, 0.1) is 11.4 Å². The Hall–Kier alpha value is -3.90. The summed E-state index contributed by atoms with van der Waals surface area (Å²) in [6.07, 6.45) is 1.02. The standard InChI is InChI=1S/C26H29N7O4S/c1-16-4-5-17(2)20(14-16)15-33-25-23(30-31-33)26(35)29-24(28-25)19-10-12-32(13-11-19)38(36,37)22-8-6-21(7-9-22)27-18(3)34/h4-9,14,19H,10-13,15H2,1-3H3,(H,27,34)(H,28,29,35). The quantitative estimate of drug-likeness (QED) is 0.386. The van der Waals surface area contributed by atoms with Gasteiger partial charge in [-0.25, -0.2) is 18.1 Å². The second kappa shape index (κ2) is 10.1. The van der Waals surface area contributed by atoms with Crippen molar-refractivity contribution in [3.05, 3.63) is 75.3 Å². The lowest BCUT2D eigenvalue weighted by Crippen LogP contribution is -2.38. The molecule has 2 aromatic heterocycles. The molecular formula is C26H29N7O4S. The maximum Gasteiger partial charge on any atom is 0.281 e. The summed E-state index contributed by atoms with van der Waals surface area (Å²) in [5, 5.41) is 10.9. The Kier molecular flexibility index (Phi) is 6.84. The van der Waals surface area contributed by atoms with Gasteiger partial charge < -0.3 is 10.3 Å². The molecule has 0 aliphatic carbocycles. The van der Waals surface area contributed by atoms with Crippen LogP contribution in [0.5, 0.6) is 0 Å². The van der Waals surface area contributed by atoms with Gasteiger partial charge in [0, 0.05) is 31.6 Å². The molecule has 198 valence electrons. The van der Waals surface area contributed by atoms with Crippen molar-refractivity contribution in [2.45, 2.75) is 51.0 Å². The third-order valence-electron chi connectivity index (χ3n) is 6.87. The number of carbonyl (C=O) groups excluding carboxylic acids is 1. The Labute approximate surface area is 219 Å². The number of aromatic nitrogens is 5. The molecule has 2 aromatic carbocycles. The highest BCUT2D eigenvalue weighted by molar-refractivity contribution is 7.89. The molecule has 0 bridgehead atoms. The number of hydrogen-bond donors (Lipinski definition) is 2. The normalized spacial score (nSPS) is 15.1. The fraction of sp³-hybridized carbons (Fsp3) is 0.346. The van der Waals surface area contributed by atoms with Crippen molar-refractivity contribution in [1.82, 2.24) is 29.3 Å². The Morgan fingerprint density at radius 1 is 1.11 bits per heavy atom. The van der Waals surface area contributed by atoms with E-state index in [4.69, 9.17) is 4.98 Å². The molecule has 0 saturated carbocycles. The van der Waals surface area contributed by atoms with E-state index in [2.05, 4.69) is 32.7 Å². The van der Waals surface area contributed by atoms with Crippen LogP contribution in [0.1, 0.15) is 48.2 Å². The molecule has 0 atom stereocenters. The molecule has 0 radical (unpaired) electrons. The van der Waals surface area contributed by atoms with Crippen LogP contribution in [0, 0.1) is 13.8 Å².